The molecule has 0 aliphatic carbocycles. The number of amides is 1. The van der Waals surface area contributed by atoms with Crippen molar-refractivity contribution in [2.24, 2.45) is 0 Å². The minimum Gasteiger partial charge on any atom is -0.438 e. The number of carbonyl (C=O) groups is 1. The standard InChI is InChI=1S/C11H10N2O2/c14-11-12-6-10(15-11)9-5-7-3-1-2-4-8(7)13-9/h1-5,10,13H,6H2,(H,12,14). The number of alkyl carbamates (subject to hydrolysis) is 1. The third-order valence-corrected chi connectivity index (χ3v) is 2.58. The van der Waals surface area contributed by atoms with Crippen LogP contribution < -0.4 is 5.32 Å². The molecule has 4 nitrogen and oxygen atoms in total. The Hall–Kier alpha value is -1.97. The van der Waals surface area contributed by atoms with Crippen LogP contribution in [0.2, 0.25) is 0 Å². The average molecular weight is 202 g/mol. The Bertz CT molecular complexity index is 485. The maximum Gasteiger partial charge on any atom is 0.408 e. The third kappa shape index (κ3) is 1.34. The van der Waals surface area contributed by atoms with Gasteiger partial charge in [0.1, 0.15) is 0 Å². The summed E-state index contributed by atoms with van der Waals surface area (Å²) in [5.74, 6) is 0. The molecule has 0 spiro atoms. The van der Waals surface area contributed by atoms with Crippen molar-refractivity contribution in [1.29, 1.82) is 0 Å². The Labute approximate surface area is 86.2 Å². The molecule has 0 radical (unpaired) electrons. The second kappa shape index (κ2) is 3.02. The highest BCUT2D eigenvalue weighted by molar-refractivity contribution is 5.80. The summed E-state index contributed by atoms with van der Waals surface area (Å²) in [6.45, 7) is 0.533. The fourth-order valence-corrected chi connectivity index (χ4v) is 1.83. The van der Waals surface area contributed by atoms with E-state index in [4.69, 9.17) is 4.74 Å². The maximum atomic E-state index is 10.9. The van der Waals surface area contributed by atoms with Gasteiger partial charge in [-0.25, -0.2) is 4.79 Å². The number of para-hydroxylation sites is 1. The molecule has 1 aromatic heterocycles. The van der Waals surface area contributed by atoms with E-state index in [1.807, 2.05) is 30.3 Å². The van der Waals surface area contributed by atoms with Crippen molar-refractivity contribution in [2.75, 3.05) is 6.54 Å². The van der Waals surface area contributed by atoms with E-state index in [2.05, 4.69) is 10.3 Å². The Morgan fingerprint density at radius 2 is 2.20 bits per heavy atom. The predicted molar refractivity (Wildman–Crippen MR) is 55.5 cm³/mol. The topological polar surface area (TPSA) is 54.1 Å². The molecular formula is C11H10N2O2. The molecule has 0 bridgehead atoms. The molecule has 15 heavy (non-hydrogen) atoms. The average Bonchev–Trinajstić information content (AvgIpc) is 2.82. The number of nitrogens with one attached hydrogen (secondary N) is 2. The first-order chi connectivity index (χ1) is 7.33. The number of fused-ring (bicyclic) bond motifs is 1. The van der Waals surface area contributed by atoms with Gasteiger partial charge >= 0.3 is 6.09 Å². The number of ether oxygens (including phenoxy) is 1. The summed E-state index contributed by atoms with van der Waals surface area (Å²) in [4.78, 5) is 14.1. The first-order valence-corrected chi connectivity index (χ1v) is 4.85. The van der Waals surface area contributed by atoms with Gasteiger partial charge in [-0.2, -0.15) is 0 Å². The van der Waals surface area contributed by atoms with E-state index in [0.29, 0.717) is 6.54 Å². The molecule has 76 valence electrons. The van der Waals surface area contributed by atoms with Crippen molar-refractivity contribution in [2.45, 2.75) is 6.10 Å². The smallest absolute Gasteiger partial charge is 0.408 e. The molecule has 2 N–H and O–H groups in total. The van der Waals surface area contributed by atoms with Crippen LogP contribution in [0.25, 0.3) is 10.9 Å². The highest BCUT2D eigenvalue weighted by atomic mass is 16.6. The minimum absolute atomic E-state index is 0.190. The lowest BCUT2D eigenvalue weighted by atomic mass is 10.2. The number of aromatic nitrogens is 1. The Morgan fingerprint density at radius 3 is 2.93 bits per heavy atom. The Morgan fingerprint density at radius 1 is 1.33 bits per heavy atom. The van der Waals surface area contributed by atoms with Gasteiger partial charge in [0.25, 0.3) is 0 Å². The zero-order valence-corrected chi connectivity index (χ0v) is 7.99. The lowest BCUT2D eigenvalue weighted by Crippen LogP contribution is -2.12. The highest BCUT2D eigenvalue weighted by Gasteiger charge is 2.25. The summed E-state index contributed by atoms with van der Waals surface area (Å²) in [6.07, 6.45) is -0.538. The van der Waals surface area contributed by atoms with E-state index in [-0.39, 0.29) is 12.2 Å². The summed E-state index contributed by atoms with van der Waals surface area (Å²) < 4.78 is 5.10. The van der Waals surface area contributed by atoms with Gasteiger partial charge in [0.05, 0.1) is 12.2 Å². The number of hydrogen-bond acceptors (Lipinski definition) is 2. The molecule has 1 atom stereocenters. The SMILES string of the molecule is O=C1NCC(c2cc3ccccc3[nH]2)O1. The molecule has 3 rings (SSSR count). The summed E-state index contributed by atoms with van der Waals surface area (Å²) in [5.41, 5.74) is 2.00. The second-order valence-corrected chi connectivity index (χ2v) is 3.59. The van der Waals surface area contributed by atoms with Crippen molar-refractivity contribution < 1.29 is 9.53 Å². The first-order valence-electron chi connectivity index (χ1n) is 4.85. The summed E-state index contributed by atoms with van der Waals surface area (Å²) in [5, 5.41) is 3.77. The molecule has 1 aliphatic rings. The van der Waals surface area contributed by atoms with Crippen LogP contribution in [0, 0.1) is 0 Å². The largest absolute Gasteiger partial charge is 0.438 e. The molecule has 1 fully saturated rings. The zero-order valence-electron chi connectivity index (χ0n) is 7.99. The van der Waals surface area contributed by atoms with Gasteiger partial charge in [-0.3, -0.25) is 0 Å². The molecule has 1 aliphatic heterocycles. The third-order valence-electron chi connectivity index (χ3n) is 2.58. The molecule has 1 unspecified atom stereocenters. The van der Waals surface area contributed by atoms with Crippen LogP contribution in [0.3, 0.4) is 0 Å². The van der Waals surface area contributed by atoms with Gasteiger partial charge in [-0.1, -0.05) is 18.2 Å². The molecule has 1 saturated heterocycles. The van der Waals surface area contributed by atoms with Crippen molar-refractivity contribution >= 4 is 17.0 Å². The minimum atomic E-state index is -0.348. The molecular weight excluding hydrogens is 192 g/mol. The van der Waals surface area contributed by atoms with Crippen LogP contribution in [-0.4, -0.2) is 17.6 Å². The van der Waals surface area contributed by atoms with E-state index in [0.717, 1.165) is 16.6 Å². The Balaban J connectivity index is 2.01. The Kier molecular flexibility index (Phi) is 1.68. The normalized spacial score (nSPS) is 20.3. The van der Waals surface area contributed by atoms with Crippen LogP contribution in [0.5, 0.6) is 0 Å². The zero-order chi connectivity index (χ0) is 10.3. The second-order valence-electron chi connectivity index (χ2n) is 3.59. The number of carbonyl (C=O) groups excluding carboxylic acids is 1. The van der Waals surface area contributed by atoms with Crippen molar-refractivity contribution in [3.05, 3.63) is 36.0 Å². The molecule has 0 saturated carbocycles. The number of cyclic esters (lactones) is 1. The molecule has 2 heterocycles. The quantitative estimate of drug-likeness (QED) is 0.742. The highest BCUT2D eigenvalue weighted by Crippen LogP contribution is 2.24. The van der Waals surface area contributed by atoms with Crippen LogP contribution >= 0.6 is 0 Å². The summed E-state index contributed by atoms with van der Waals surface area (Å²) >= 11 is 0. The number of benzene rings is 1. The fourth-order valence-electron chi connectivity index (χ4n) is 1.83. The van der Waals surface area contributed by atoms with Gasteiger partial charge in [0, 0.05) is 5.52 Å². The van der Waals surface area contributed by atoms with Gasteiger partial charge in [0.15, 0.2) is 6.10 Å². The monoisotopic (exact) mass is 202 g/mol. The van der Waals surface area contributed by atoms with Gasteiger partial charge in [-0.05, 0) is 17.5 Å². The van der Waals surface area contributed by atoms with Gasteiger partial charge in [0.2, 0.25) is 0 Å². The van der Waals surface area contributed by atoms with Crippen molar-refractivity contribution in [3.63, 3.8) is 0 Å². The lowest BCUT2D eigenvalue weighted by Gasteiger charge is -2.03. The van der Waals surface area contributed by atoms with E-state index in [9.17, 15) is 4.79 Å². The van der Waals surface area contributed by atoms with E-state index >= 15 is 0 Å². The maximum absolute atomic E-state index is 10.9. The first kappa shape index (κ1) is 8.35. The summed E-state index contributed by atoms with van der Waals surface area (Å²) in [7, 11) is 0. The van der Waals surface area contributed by atoms with Crippen LogP contribution in [0.1, 0.15) is 11.8 Å². The summed E-state index contributed by atoms with van der Waals surface area (Å²) in [6, 6.07) is 10.0. The van der Waals surface area contributed by atoms with Crippen LogP contribution in [0.15, 0.2) is 30.3 Å². The number of hydrogen-bond donors (Lipinski definition) is 2. The van der Waals surface area contributed by atoms with Crippen LogP contribution in [0.4, 0.5) is 4.79 Å². The number of H-pyrrole nitrogens is 1. The van der Waals surface area contributed by atoms with E-state index < -0.39 is 0 Å². The van der Waals surface area contributed by atoms with Gasteiger partial charge in [-0.15, -0.1) is 0 Å². The molecule has 1 amide bonds. The van der Waals surface area contributed by atoms with Crippen molar-refractivity contribution in [1.82, 2.24) is 10.3 Å². The van der Waals surface area contributed by atoms with E-state index in [1.165, 1.54) is 0 Å². The molecule has 4 heteroatoms. The lowest BCUT2D eigenvalue weighted by molar-refractivity contribution is 0.139. The molecule has 1 aromatic carbocycles. The predicted octanol–water partition coefficient (Wildman–Crippen LogP) is 1.95. The number of aromatic amines is 1. The fraction of sp³-hybridized carbons (Fsp3) is 0.182. The van der Waals surface area contributed by atoms with Gasteiger partial charge < -0.3 is 15.0 Å². The molecule has 2 aromatic rings. The van der Waals surface area contributed by atoms with E-state index in [1.54, 1.807) is 0 Å². The van der Waals surface area contributed by atoms with Crippen molar-refractivity contribution in [3.8, 4) is 0 Å². The van der Waals surface area contributed by atoms with Crippen LogP contribution in [-0.2, 0) is 4.74 Å². The number of rotatable bonds is 1.